The summed E-state index contributed by atoms with van der Waals surface area (Å²) in [4.78, 5) is 33.6. The maximum Gasteiger partial charge on any atom is 0.343 e. The molecule has 8 nitrogen and oxygen atoms in total. The fourth-order valence-electron chi connectivity index (χ4n) is 1.89. The third-order valence-electron chi connectivity index (χ3n) is 3.02. The topological polar surface area (TPSA) is 108 Å². The van der Waals surface area contributed by atoms with E-state index in [0.717, 1.165) is 0 Å². The van der Waals surface area contributed by atoms with E-state index in [1.54, 1.807) is 18.2 Å². The predicted octanol–water partition coefficient (Wildman–Crippen LogP) is 2.40. The number of benzene rings is 2. The van der Waals surface area contributed by atoms with E-state index in [-0.39, 0.29) is 17.9 Å². The highest BCUT2D eigenvalue weighted by Gasteiger charge is 2.19. The van der Waals surface area contributed by atoms with Crippen molar-refractivity contribution in [1.82, 2.24) is 0 Å². The lowest BCUT2D eigenvalue weighted by Crippen LogP contribution is -2.14. The normalized spacial score (nSPS) is 9.88. The number of ether oxygens (including phenoxy) is 2. The van der Waals surface area contributed by atoms with Crippen molar-refractivity contribution in [2.24, 2.45) is 0 Å². The Morgan fingerprint density at radius 1 is 1.17 bits per heavy atom. The number of nitrogens with zero attached hydrogens (tertiary/aromatic N) is 1. The van der Waals surface area contributed by atoms with Crippen LogP contribution >= 0.6 is 0 Å². The first-order valence-corrected chi connectivity index (χ1v) is 6.85. The van der Waals surface area contributed by atoms with Crippen LogP contribution in [-0.2, 0) is 9.53 Å². The summed E-state index contributed by atoms with van der Waals surface area (Å²) in [7, 11) is 1.25. The molecule has 1 amide bonds. The molecule has 0 aliphatic rings. The number of nitro groups is 1. The quantitative estimate of drug-likeness (QED) is 0.495. The molecule has 124 valence electrons. The zero-order valence-corrected chi connectivity index (χ0v) is 12.7. The van der Waals surface area contributed by atoms with Crippen LogP contribution in [0.1, 0.15) is 10.4 Å². The van der Waals surface area contributed by atoms with Crippen LogP contribution in [0.4, 0.5) is 11.4 Å². The van der Waals surface area contributed by atoms with E-state index in [9.17, 15) is 19.7 Å². The fraction of sp³-hybridized carbons (Fsp3) is 0.125. The zero-order valence-electron chi connectivity index (χ0n) is 12.7. The Morgan fingerprint density at radius 2 is 1.92 bits per heavy atom. The summed E-state index contributed by atoms with van der Waals surface area (Å²) in [5.41, 5.74) is 0.0389. The lowest BCUT2D eigenvalue weighted by Gasteiger charge is -2.09. The van der Waals surface area contributed by atoms with Crippen LogP contribution in [0.5, 0.6) is 5.75 Å². The lowest BCUT2D eigenvalue weighted by molar-refractivity contribution is -0.385. The molecule has 24 heavy (non-hydrogen) atoms. The van der Waals surface area contributed by atoms with Gasteiger partial charge in [0, 0.05) is 17.8 Å². The number of para-hydroxylation sites is 1. The summed E-state index contributed by atoms with van der Waals surface area (Å²) in [6, 6.07) is 11.9. The van der Waals surface area contributed by atoms with E-state index in [2.05, 4.69) is 10.1 Å². The molecular weight excluding hydrogens is 316 g/mol. The molecule has 0 radical (unpaired) electrons. The minimum Gasteiger partial charge on any atom is -0.482 e. The minimum atomic E-state index is -0.620. The van der Waals surface area contributed by atoms with E-state index in [0.29, 0.717) is 11.4 Å². The molecule has 8 heteroatoms. The van der Waals surface area contributed by atoms with Crippen molar-refractivity contribution < 1.29 is 24.0 Å². The molecule has 0 bridgehead atoms. The number of rotatable bonds is 6. The van der Waals surface area contributed by atoms with Crippen LogP contribution in [-0.4, -0.2) is 30.5 Å². The number of anilines is 1. The molecular formula is C16H14N2O6. The maximum atomic E-state index is 12.2. The van der Waals surface area contributed by atoms with Crippen molar-refractivity contribution in [3.05, 3.63) is 64.2 Å². The molecule has 1 N–H and O–H groups in total. The van der Waals surface area contributed by atoms with E-state index >= 15 is 0 Å². The van der Waals surface area contributed by atoms with Crippen LogP contribution < -0.4 is 10.1 Å². The third-order valence-corrected chi connectivity index (χ3v) is 3.02. The summed E-state index contributed by atoms with van der Waals surface area (Å²) < 4.78 is 9.68. The number of carbonyl (C=O) groups is 2. The van der Waals surface area contributed by atoms with Crippen LogP contribution in [0.25, 0.3) is 0 Å². The van der Waals surface area contributed by atoms with Crippen molar-refractivity contribution >= 4 is 23.3 Å². The third kappa shape index (κ3) is 4.29. The molecule has 2 aromatic carbocycles. The van der Waals surface area contributed by atoms with Crippen molar-refractivity contribution in [2.75, 3.05) is 19.0 Å². The number of hydrogen-bond acceptors (Lipinski definition) is 6. The Hall–Kier alpha value is -3.42. The zero-order chi connectivity index (χ0) is 17.5. The summed E-state index contributed by atoms with van der Waals surface area (Å²) in [6.45, 7) is -0.266. The number of nitrogens with one attached hydrogen (secondary N) is 1. The summed E-state index contributed by atoms with van der Waals surface area (Å²) >= 11 is 0. The van der Waals surface area contributed by atoms with Crippen LogP contribution in [0.3, 0.4) is 0 Å². The van der Waals surface area contributed by atoms with Crippen molar-refractivity contribution in [3.8, 4) is 5.75 Å². The van der Waals surface area contributed by atoms with Gasteiger partial charge in [-0.15, -0.1) is 0 Å². The van der Waals surface area contributed by atoms with Gasteiger partial charge in [0.1, 0.15) is 11.3 Å². The number of hydrogen-bond donors (Lipinski definition) is 1. The number of methoxy groups -OCH3 is 1. The molecule has 0 spiro atoms. The van der Waals surface area contributed by atoms with Crippen LogP contribution in [0.2, 0.25) is 0 Å². The van der Waals surface area contributed by atoms with E-state index in [1.165, 1.54) is 37.4 Å². The fourth-order valence-corrected chi connectivity index (χ4v) is 1.89. The molecule has 0 atom stereocenters. The molecule has 0 aliphatic heterocycles. The maximum absolute atomic E-state index is 12.2. The highest BCUT2D eigenvalue weighted by molar-refractivity contribution is 6.07. The monoisotopic (exact) mass is 330 g/mol. The highest BCUT2D eigenvalue weighted by atomic mass is 16.6. The Balaban J connectivity index is 2.12. The number of nitro benzene ring substituents is 1. The van der Waals surface area contributed by atoms with E-state index < -0.39 is 16.8 Å². The van der Waals surface area contributed by atoms with E-state index in [4.69, 9.17) is 4.74 Å². The number of carbonyl (C=O) groups excluding carboxylic acids is 2. The number of amides is 1. The van der Waals surface area contributed by atoms with Gasteiger partial charge < -0.3 is 14.8 Å². The first-order chi connectivity index (χ1) is 11.5. The van der Waals surface area contributed by atoms with Gasteiger partial charge in [0.05, 0.1) is 12.0 Å². The van der Waals surface area contributed by atoms with Gasteiger partial charge in [-0.1, -0.05) is 18.2 Å². The standard InChI is InChI=1S/C16H14N2O6/c1-23-15(19)10-24-12-6-4-5-11(9-12)17-16(20)13-7-2-3-8-14(13)18(21)22/h2-9H,10H2,1H3,(H,17,20). The van der Waals surface area contributed by atoms with Crippen molar-refractivity contribution in [1.29, 1.82) is 0 Å². The average molecular weight is 330 g/mol. The molecule has 2 aromatic rings. The summed E-state index contributed by atoms with van der Waals surface area (Å²) in [5.74, 6) is -0.808. The largest absolute Gasteiger partial charge is 0.482 e. The van der Waals surface area contributed by atoms with Gasteiger partial charge in [0.25, 0.3) is 11.6 Å². The Morgan fingerprint density at radius 3 is 2.62 bits per heavy atom. The second-order valence-electron chi connectivity index (χ2n) is 4.62. The molecule has 0 aromatic heterocycles. The lowest BCUT2D eigenvalue weighted by atomic mass is 10.1. The molecule has 0 heterocycles. The molecule has 0 aliphatic carbocycles. The second kappa shape index (κ2) is 7.73. The minimum absolute atomic E-state index is 0.0524. The van der Waals surface area contributed by atoms with E-state index in [1.807, 2.05) is 0 Å². The van der Waals surface area contributed by atoms with Gasteiger partial charge in [-0.25, -0.2) is 4.79 Å². The molecule has 0 unspecified atom stereocenters. The predicted molar refractivity (Wildman–Crippen MR) is 85.0 cm³/mol. The Kier molecular flexibility index (Phi) is 5.45. The SMILES string of the molecule is COC(=O)COc1cccc(NC(=O)c2ccccc2[N+](=O)[O-])c1. The second-order valence-corrected chi connectivity index (χ2v) is 4.62. The molecule has 2 rings (SSSR count). The average Bonchev–Trinajstić information content (AvgIpc) is 2.59. The number of esters is 1. The van der Waals surface area contributed by atoms with Gasteiger partial charge in [0.2, 0.25) is 0 Å². The van der Waals surface area contributed by atoms with Crippen LogP contribution in [0.15, 0.2) is 48.5 Å². The molecule has 0 saturated heterocycles. The van der Waals surface area contributed by atoms with Crippen molar-refractivity contribution in [3.63, 3.8) is 0 Å². The van der Waals surface area contributed by atoms with Gasteiger partial charge in [-0.05, 0) is 18.2 Å². The summed E-state index contributed by atoms with van der Waals surface area (Å²) in [6.07, 6.45) is 0. The first kappa shape index (κ1) is 16.9. The Bertz CT molecular complexity index is 775. The molecule has 0 saturated carbocycles. The van der Waals surface area contributed by atoms with Gasteiger partial charge in [-0.2, -0.15) is 0 Å². The highest BCUT2D eigenvalue weighted by Crippen LogP contribution is 2.21. The van der Waals surface area contributed by atoms with Crippen LogP contribution in [0, 0.1) is 10.1 Å². The van der Waals surface area contributed by atoms with Gasteiger partial charge in [-0.3, -0.25) is 14.9 Å². The Labute approximate surface area is 137 Å². The van der Waals surface area contributed by atoms with Gasteiger partial charge >= 0.3 is 5.97 Å². The van der Waals surface area contributed by atoms with Crippen molar-refractivity contribution in [2.45, 2.75) is 0 Å². The first-order valence-electron chi connectivity index (χ1n) is 6.85. The smallest absolute Gasteiger partial charge is 0.343 e. The van der Waals surface area contributed by atoms with Gasteiger partial charge in [0.15, 0.2) is 6.61 Å². The molecule has 0 fully saturated rings. The summed E-state index contributed by atoms with van der Waals surface area (Å²) in [5, 5.41) is 13.5.